The molecule has 1 heterocycles. The lowest BCUT2D eigenvalue weighted by Crippen LogP contribution is -2.25. The van der Waals surface area contributed by atoms with Gasteiger partial charge in [-0.1, -0.05) is 11.3 Å². The van der Waals surface area contributed by atoms with Gasteiger partial charge in [-0.15, -0.1) is 5.10 Å². The highest BCUT2D eigenvalue weighted by molar-refractivity contribution is 7.97. The van der Waals surface area contributed by atoms with Gasteiger partial charge in [0.15, 0.2) is 5.69 Å². The quantitative estimate of drug-likeness (QED) is 0.556. The summed E-state index contributed by atoms with van der Waals surface area (Å²) in [5.41, 5.74) is 1.50. The number of halogens is 2. The fraction of sp³-hybridized carbons (Fsp3) is 0.238. The molecule has 10 heteroatoms. The van der Waals surface area contributed by atoms with Gasteiger partial charge >= 0.3 is 0 Å². The van der Waals surface area contributed by atoms with E-state index in [1.807, 2.05) is 13.2 Å². The molecule has 0 aliphatic heterocycles. The number of nitrogens with zero attached hydrogens (tertiary/aromatic N) is 3. The van der Waals surface area contributed by atoms with Crippen LogP contribution in [0.3, 0.4) is 0 Å². The van der Waals surface area contributed by atoms with Crippen LogP contribution in [0.1, 0.15) is 39.0 Å². The van der Waals surface area contributed by atoms with Gasteiger partial charge in [-0.2, -0.15) is 11.8 Å². The van der Waals surface area contributed by atoms with E-state index >= 15 is 0 Å². The van der Waals surface area contributed by atoms with E-state index in [2.05, 4.69) is 20.9 Å². The van der Waals surface area contributed by atoms with Gasteiger partial charge in [0.1, 0.15) is 11.6 Å². The van der Waals surface area contributed by atoms with Gasteiger partial charge in [-0.25, -0.2) is 13.5 Å². The minimum absolute atomic E-state index is 0.0684. The Hall–Kier alpha value is -3.27. The molecule has 0 fully saturated rings. The highest BCUT2D eigenvalue weighted by Gasteiger charge is 2.21. The Morgan fingerprint density at radius 2 is 1.71 bits per heavy atom. The van der Waals surface area contributed by atoms with Gasteiger partial charge < -0.3 is 10.6 Å². The Labute approximate surface area is 182 Å². The number of thioether (sulfide) groups is 1. The number of hydrogen-bond acceptors (Lipinski definition) is 5. The van der Waals surface area contributed by atoms with Crippen LogP contribution in [0.2, 0.25) is 0 Å². The Balaban J connectivity index is 1.83. The summed E-state index contributed by atoms with van der Waals surface area (Å²) in [5, 5.41) is 13.3. The van der Waals surface area contributed by atoms with Gasteiger partial charge in [0.2, 0.25) is 0 Å². The molecular weight excluding hydrogens is 424 g/mol. The lowest BCUT2D eigenvalue weighted by molar-refractivity contribution is 0.0940. The lowest BCUT2D eigenvalue weighted by Gasteiger charge is -2.09. The van der Waals surface area contributed by atoms with Crippen LogP contribution in [0.15, 0.2) is 42.5 Å². The summed E-state index contributed by atoms with van der Waals surface area (Å²) in [5.74, 6) is -1.81. The summed E-state index contributed by atoms with van der Waals surface area (Å²) < 4.78 is 29.1. The molecule has 0 spiro atoms. The van der Waals surface area contributed by atoms with Gasteiger partial charge in [-0.3, -0.25) is 9.59 Å². The molecule has 7 nitrogen and oxygen atoms in total. The molecule has 0 saturated heterocycles. The van der Waals surface area contributed by atoms with E-state index in [1.165, 1.54) is 22.5 Å². The third kappa shape index (κ3) is 5.08. The van der Waals surface area contributed by atoms with Crippen LogP contribution in [0, 0.1) is 11.6 Å². The number of aromatic nitrogens is 3. The highest BCUT2D eigenvalue weighted by atomic mass is 32.2. The van der Waals surface area contributed by atoms with Crippen molar-refractivity contribution >= 4 is 23.6 Å². The van der Waals surface area contributed by atoms with Crippen molar-refractivity contribution in [3.05, 3.63) is 76.6 Å². The number of amides is 2. The number of hydrogen-bond donors (Lipinski definition) is 2. The molecule has 0 saturated carbocycles. The predicted octanol–water partition coefficient (Wildman–Crippen LogP) is 3.09. The standard InChI is InChI=1S/C21H21F2N5O2S/c1-3-24-20(29)13-7-9-14(10-8-13)28-18(12-31-2)19(26-27-28)21(30)25-11-15-16(22)5-4-6-17(15)23/h4-10H,3,11-12H2,1-2H3,(H,24,29)(H,25,30). The first kappa shape index (κ1) is 22.4. The highest BCUT2D eigenvalue weighted by Crippen LogP contribution is 2.19. The second kappa shape index (κ2) is 10.2. The number of benzene rings is 2. The van der Waals surface area contributed by atoms with Crippen LogP contribution in [0.25, 0.3) is 5.69 Å². The van der Waals surface area contributed by atoms with Crippen molar-refractivity contribution in [3.8, 4) is 5.69 Å². The third-order valence-corrected chi connectivity index (χ3v) is 5.02. The summed E-state index contributed by atoms with van der Waals surface area (Å²) in [6.45, 7) is 2.05. The fourth-order valence-electron chi connectivity index (χ4n) is 2.92. The predicted molar refractivity (Wildman–Crippen MR) is 114 cm³/mol. The average molecular weight is 445 g/mol. The third-order valence-electron chi connectivity index (χ3n) is 4.46. The topological polar surface area (TPSA) is 88.9 Å². The molecule has 3 aromatic rings. The monoisotopic (exact) mass is 445 g/mol. The molecule has 2 aromatic carbocycles. The summed E-state index contributed by atoms with van der Waals surface area (Å²) in [7, 11) is 0. The number of carbonyl (C=O) groups is 2. The van der Waals surface area contributed by atoms with Crippen LogP contribution in [-0.4, -0.2) is 39.6 Å². The second-order valence-corrected chi connectivity index (χ2v) is 7.38. The van der Waals surface area contributed by atoms with Crippen molar-refractivity contribution in [1.82, 2.24) is 25.6 Å². The Morgan fingerprint density at radius 3 is 2.32 bits per heavy atom. The summed E-state index contributed by atoms with van der Waals surface area (Å²) in [4.78, 5) is 24.6. The smallest absolute Gasteiger partial charge is 0.274 e. The van der Waals surface area contributed by atoms with E-state index in [-0.39, 0.29) is 23.7 Å². The first-order chi connectivity index (χ1) is 15.0. The zero-order chi connectivity index (χ0) is 22.4. The Bertz CT molecular complexity index is 1070. The number of carbonyl (C=O) groups excluding carboxylic acids is 2. The molecule has 0 aliphatic rings. The van der Waals surface area contributed by atoms with E-state index in [4.69, 9.17) is 0 Å². The normalized spacial score (nSPS) is 10.7. The molecule has 1 aromatic heterocycles. The largest absolute Gasteiger partial charge is 0.352 e. The maximum absolute atomic E-state index is 13.8. The molecule has 0 atom stereocenters. The molecule has 0 unspecified atom stereocenters. The fourth-order valence-corrected chi connectivity index (χ4v) is 3.45. The minimum atomic E-state index is -0.736. The minimum Gasteiger partial charge on any atom is -0.352 e. The second-order valence-electron chi connectivity index (χ2n) is 6.52. The van der Waals surface area contributed by atoms with Crippen molar-refractivity contribution < 1.29 is 18.4 Å². The van der Waals surface area contributed by atoms with Crippen molar-refractivity contribution in [2.75, 3.05) is 12.8 Å². The first-order valence-corrected chi connectivity index (χ1v) is 10.9. The van der Waals surface area contributed by atoms with E-state index < -0.39 is 17.5 Å². The molecule has 2 amide bonds. The molecule has 2 N–H and O–H groups in total. The summed E-state index contributed by atoms with van der Waals surface area (Å²) in [6, 6.07) is 10.3. The SMILES string of the molecule is CCNC(=O)c1ccc(-n2nnc(C(=O)NCc3c(F)cccc3F)c2CSC)cc1. The van der Waals surface area contributed by atoms with Crippen LogP contribution < -0.4 is 10.6 Å². The van der Waals surface area contributed by atoms with Gasteiger partial charge in [0, 0.05) is 30.0 Å². The lowest BCUT2D eigenvalue weighted by atomic mass is 10.2. The number of nitrogens with one attached hydrogen (secondary N) is 2. The van der Waals surface area contributed by atoms with E-state index in [0.29, 0.717) is 29.2 Å². The van der Waals surface area contributed by atoms with E-state index in [1.54, 1.807) is 24.3 Å². The van der Waals surface area contributed by atoms with E-state index in [0.717, 1.165) is 12.1 Å². The van der Waals surface area contributed by atoms with Crippen molar-refractivity contribution in [2.24, 2.45) is 0 Å². The van der Waals surface area contributed by atoms with Crippen LogP contribution in [0.5, 0.6) is 0 Å². The van der Waals surface area contributed by atoms with Crippen molar-refractivity contribution in [2.45, 2.75) is 19.2 Å². The molecule has 0 radical (unpaired) electrons. The maximum atomic E-state index is 13.8. The van der Waals surface area contributed by atoms with Crippen LogP contribution in [-0.2, 0) is 12.3 Å². The number of rotatable bonds is 8. The van der Waals surface area contributed by atoms with Gasteiger partial charge in [-0.05, 0) is 49.6 Å². The van der Waals surface area contributed by atoms with E-state index in [9.17, 15) is 18.4 Å². The molecule has 31 heavy (non-hydrogen) atoms. The van der Waals surface area contributed by atoms with Crippen LogP contribution in [0.4, 0.5) is 8.78 Å². The first-order valence-electron chi connectivity index (χ1n) is 9.49. The van der Waals surface area contributed by atoms with Crippen molar-refractivity contribution in [3.63, 3.8) is 0 Å². The maximum Gasteiger partial charge on any atom is 0.274 e. The zero-order valence-corrected chi connectivity index (χ0v) is 17.8. The molecule has 162 valence electrons. The molecule has 0 aliphatic carbocycles. The molecule has 0 bridgehead atoms. The van der Waals surface area contributed by atoms with Crippen molar-refractivity contribution in [1.29, 1.82) is 0 Å². The van der Waals surface area contributed by atoms with Crippen LogP contribution >= 0.6 is 11.8 Å². The molecule has 3 rings (SSSR count). The van der Waals surface area contributed by atoms with Gasteiger partial charge in [0.25, 0.3) is 11.8 Å². The average Bonchev–Trinajstić information content (AvgIpc) is 3.17. The van der Waals surface area contributed by atoms with Gasteiger partial charge in [0.05, 0.1) is 11.4 Å². The molecular formula is C21H21F2N5O2S. The summed E-state index contributed by atoms with van der Waals surface area (Å²) in [6.07, 6.45) is 1.87. The zero-order valence-electron chi connectivity index (χ0n) is 17.0. The Kier molecular flexibility index (Phi) is 7.35. The Morgan fingerprint density at radius 1 is 1.03 bits per heavy atom. The summed E-state index contributed by atoms with van der Waals surface area (Å²) >= 11 is 1.47.